The smallest absolute Gasteiger partial charge is 0.168 e. The molecule has 0 unspecified atom stereocenters. The number of benzene rings is 1. The van der Waals surface area contributed by atoms with E-state index in [2.05, 4.69) is 11.1 Å². The molecule has 0 N–H and O–H groups in total. The van der Waals surface area contributed by atoms with E-state index in [0.717, 1.165) is 11.1 Å². The van der Waals surface area contributed by atoms with Crippen molar-refractivity contribution in [1.82, 2.24) is 4.98 Å². The van der Waals surface area contributed by atoms with Crippen LogP contribution in [0, 0.1) is 11.3 Å². The highest BCUT2D eigenvalue weighted by molar-refractivity contribution is 5.97. The van der Waals surface area contributed by atoms with E-state index in [1.165, 1.54) is 0 Å². The molecule has 2 rings (SSSR count). The predicted octanol–water partition coefficient (Wildman–Crippen LogP) is 2.57. The lowest BCUT2D eigenvalue weighted by molar-refractivity contribution is 0.0992. The quantitative estimate of drug-likeness (QED) is 0.766. The Labute approximate surface area is 106 Å². The number of carbonyl (C=O) groups excluding carboxylic acids is 1. The Kier molecular flexibility index (Phi) is 3.83. The minimum atomic E-state index is 0.0217. The Bertz CT molecular complexity index is 585. The zero-order chi connectivity index (χ0) is 12.8. The SMILES string of the molecule is N#CCc1ccccc1CC(=O)c1cccnc1. The summed E-state index contributed by atoms with van der Waals surface area (Å²) in [6, 6.07) is 13.1. The summed E-state index contributed by atoms with van der Waals surface area (Å²) in [6.07, 6.45) is 3.84. The van der Waals surface area contributed by atoms with Gasteiger partial charge in [-0.15, -0.1) is 0 Å². The Morgan fingerprint density at radius 3 is 2.61 bits per heavy atom. The molecule has 18 heavy (non-hydrogen) atoms. The van der Waals surface area contributed by atoms with Crippen LogP contribution < -0.4 is 0 Å². The van der Waals surface area contributed by atoms with E-state index in [9.17, 15) is 4.79 Å². The number of Topliss-reactive ketones (excluding diaryl/α,β-unsaturated/α-hetero) is 1. The van der Waals surface area contributed by atoms with Crippen LogP contribution in [0.5, 0.6) is 0 Å². The van der Waals surface area contributed by atoms with Gasteiger partial charge in [-0.1, -0.05) is 24.3 Å². The topological polar surface area (TPSA) is 53.8 Å². The molecule has 0 aliphatic carbocycles. The second-order valence-electron chi connectivity index (χ2n) is 3.95. The van der Waals surface area contributed by atoms with Crippen LogP contribution in [0.3, 0.4) is 0 Å². The minimum Gasteiger partial charge on any atom is -0.294 e. The molecule has 2 aromatic rings. The average molecular weight is 236 g/mol. The first-order valence-corrected chi connectivity index (χ1v) is 5.68. The van der Waals surface area contributed by atoms with Gasteiger partial charge in [-0.25, -0.2) is 0 Å². The summed E-state index contributed by atoms with van der Waals surface area (Å²) >= 11 is 0. The highest BCUT2D eigenvalue weighted by Gasteiger charge is 2.09. The van der Waals surface area contributed by atoms with Crippen molar-refractivity contribution in [3.05, 3.63) is 65.5 Å². The van der Waals surface area contributed by atoms with E-state index in [0.29, 0.717) is 18.4 Å². The molecule has 3 nitrogen and oxygen atoms in total. The maximum atomic E-state index is 12.0. The van der Waals surface area contributed by atoms with Crippen LogP contribution in [-0.2, 0) is 12.8 Å². The van der Waals surface area contributed by atoms with Gasteiger partial charge in [0.05, 0.1) is 12.5 Å². The summed E-state index contributed by atoms with van der Waals surface area (Å²) in [5.41, 5.74) is 2.43. The largest absolute Gasteiger partial charge is 0.294 e. The fraction of sp³-hybridized carbons (Fsp3) is 0.133. The van der Waals surface area contributed by atoms with Crippen molar-refractivity contribution >= 4 is 5.78 Å². The second-order valence-corrected chi connectivity index (χ2v) is 3.95. The lowest BCUT2D eigenvalue weighted by Crippen LogP contribution is -2.06. The molecule has 0 radical (unpaired) electrons. The molecule has 1 aromatic heterocycles. The van der Waals surface area contributed by atoms with E-state index in [1.54, 1.807) is 24.5 Å². The summed E-state index contributed by atoms with van der Waals surface area (Å²) < 4.78 is 0. The zero-order valence-electron chi connectivity index (χ0n) is 9.84. The molecule has 0 aliphatic heterocycles. The highest BCUT2D eigenvalue weighted by atomic mass is 16.1. The van der Waals surface area contributed by atoms with Gasteiger partial charge in [-0.2, -0.15) is 5.26 Å². The van der Waals surface area contributed by atoms with E-state index in [4.69, 9.17) is 5.26 Å². The third-order valence-corrected chi connectivity index (χ3v) is 2.72. The number of nitrogens with zero attached hydrogens (tertiary/aromatic N) is 2. The third kappa shape index (κ3) is 2.80. The number of rotatable bonds is 4. The Morgan fingerprint density at radius 2 is 1.94 bits per heavy atom. The van der Waals surface area contributed by atoms with Crippen LogP contribution in [0.4, 0.5) is 0 Å². The fourth-order valence-electron chi connectivity index (χ4n) is 1.79. The monoisotopic (exact) mass is 236 g/mol. The summed E-state index contributed by atoms with van der Waals surface area (Å²) in [4.78, 5) is 16.0. The molecular formula is C15H12N2O. The molecule has 0 amide bonds. The Hall–Kier alpha value is -2.47. The van der Waals surface area contributed by atoms with Gasteiger partial charge < -0.3 is 0 Å². The Morgan fingerprint density at radius 1 is 1.17 bits per heavy atom. The van der Waals surface area contributed by atoms with Crippen LogP contribution in [-0.4, -0.2) is 10.8 Å². The third-order valence-electron chi connectivity index (χ3n) is 2.72. The molecule has 1 heterocycles. The summed E-state index contributed by atoms with van der Waals surface area (Å²) in [6.45, 7) is 0. The van der Waals surface area contributed by atoms with Gasteiger partial charge in [0.25, 0.3) is 0 Å². The number of pyridine rings is 1. The second kappa shape index (κ2) is 5.74. The van der Waals surface area contributed by atoms with Crippen LogP contribution in [0.25, 0.3) is 0 Å². The van der Waals surface area contributed by atoms with E-state index in [1.807, 2.05) is 24.3 Å². The number of ketones is 1. The summed E-state index contributed by atoms with van der Waals surface area (Å²) in [5, 5.41) is 8.75. The maximum absolute atomic E-state index is 12.0. The van der Waals surface area contributed by atoms with Crippen molar-refractivity contribution in [3.8, 4) is 6.07 Å². The maximum Gasteiger partial charge on any atom is 0.168 e. The van der Waals surface area contributed by atoms with Crippen molar-refractivity contribution in [1.29, 1.82) is 5.26 Å². The zero-order valence-corrected chi connectivity index (χ0v) is 9.84. The molecule has 0 saturated carbocycles. The van der Waals surface area contributed by atoms with Gasteiger partial charge >= 0.3 is 0 Å². The molecule has 0 spiro atoms. The first-order chi connectivity index (χ1) is 8.81. The van der Waals surface area contributed by atoms with Crippen LogP contribution in [0.1, 0.15) is 21.5 Å². The van der Waals surface area contributed by atoms with Gasteiger partial charge in [0.1, 0.15) is 0 Å². The Balaban J connectivity index is 2.20. The minimum absolute atomic E-state index is 0.0217. The predicted molar refractivity (Wildman–Crippen MR) is 68.0 cm³/mol. The van der Waals surface area contributed by atoms with Crippen molar-refractivity contribution in [2.45, 2.75) is 12.8 Å². The molecular weight excluding hydrogens is 224 g/mol. The number of hydrogen-bond acceptors (Lipinski definition) is 3. The van der Waals surface area contributed by atoms with Crippen LogP contribution >= 0.6 is 0 Å². The van der Waals surface area contributed by atoms with Gasteiger partial charge in [-0.3, -0.25) is 9.78 Å². The van der Waals surface area contributed by atoms with Crippen molar-refractivity contribution < 1.29 is 4.79 Å². The van der Waals surface area contributed by atoms with Gasteiger partial charge in [0.2, 0.25) is 0 Å². The standard InChI is InChI=1S/C15H12N2O/c16-8-7-12-4-1-2-5-13(12)10-15(18)14-6-3-9-17-11-14/h1-6,9,11H,7,10H2. The van der Waals surface area contributed by atoms with E-state index in [-0.39, 0.29) is 5.78 Å². The molecule has 88 valence electrons. The number of hydrogen-bond donors (Lipinski definition) is 0. The molecule has 3 heteroatoms. The number of nitriles is 1. The average Bonchev–Trinajstić information content (AvgIpc) is 2.42. The fourth-order valence-corrected chi connectivity index (χ4v) is 1.79. The van der Waals surface area contributed by atoms with Gasteiger partial charge in [0, 0.05) is 24.4 Å². The molecule has 0 atom stereocenters. The molecule has 0 fully saturated rings. The van der Waals surface area contributed by atoms with Crippen LogP contribution in [0.2, 0.25) is 0 Å². The van der Waals surface area contributed by atoms with Crippen molar-refractivity contribution in [3.63, 3.8) is 0 Å². The normalized spacial score (nSPS) is 9.72. The lowest BCUT2D eigenvalue weighted by Gasteiger charge is -2.05. The lowest BCUT2D eigenvalue weighted by atomic mass is 9.98. The highest BCUT2D eigenvalue weighted by Crippen LogP contribution is 2.12. The molecule has 0 saturated heterocycles. The van der Waals surface area contributed by atoms with E-state index >= 15 is 0 Å². The van der Waals surface area contributed by atoms with Gasteiger partial charge in [-0.05, 0) is 23.3 Å². The molecule has 0 aliphatic rings. The number of aromatic nitrogens is 1. The number of carbonyl (C=O) groups is 1. The van der Waals surface area contributed by atoms with Crippen molar-refractivity contribution in [2.24, 2.45) is 0 Å². The molecule has 1 aromatic carbocycles. The van der Waals surface area contributed by atoms with Gasteiger partial charge in [0.15, 0.2) is 5.78 Å². The van der Waals surface area contributed by atoms with Crippen LogP contribution in [0.15, 0.2) is 48.8 Å². The summed E-state index contributed by atoms with van der Waals surface area (Å²) in [7, 11) is 0. The van der Waals surface area contributed by atoms with E-state index < -0.39 is 0 Å². The first kappa shape index (κ1) is 12.0. The van der Waals surface area contributed by atoms with Crippen molar-refractivity contribution in [2.75, 3.05) is 0 Å². The summed E-state index contributed by atoms with van der Waals surface area (Å²) in [5.74, 6) is 0.0217. The molecule has 0 bridgehead atoms. The first-order valence-electron chi connectivity index (χ1n) is 5.68.